The minimum Gasteiger partial charge on any atom is -0.356 e. The number of carbonyl (C=O) groups is 1. The molecule has 1 aromatic heterocycles. The first-order valence-corrected chi connectivity index (χ1v) is 12.0. The van der Waals surface area contributed by atoms with Crippen molar-refractivity contribution in [3.8, 4) is 5.69 Å². The fourth-order valence-electron chi connectivity index (χ4n) is 3.39. The number of nitrogens with two attached hydrogens (primary N) is 1. The maximum Gasteiger partial charge on any atom is 0.266 e. The van der Waals surface area contributed by atoms with Gasteiger partial charge < -0.3 is 11.1 Å². The van der Waals surface area contributed by atoms with E-state index < -0.39 is 5.82 Å². The van der Waals surface area contributed by atoms with Crippen molar-refractivity contribution in [3.63, 3.8) is 0 Å². The van der Waals surface area contributed by atoms with Crippen LogP contribution in [0.3, 0.4) is 0 Å². The number of rotatable bonds is 12. The van der Waals surface area contributed by atoms with Crippen molar-refractivity contribution >= 4 is 28.6 Å². The van der Waals surface area contributed by atoms with Crippen LogP contribution in [-0.4, -0.2) is 34.3 Å². The molecule has 3 rings (SSSR count). The monoisotopic (exact) mass is 456 g/mol. The van der Waals surface area contributed by atoms with E-state index >= 15 is 0 Å². The highest BCUT2D eigenvalue weighted by Gasteiger charge is 2.14. The topological polar surface area (TPSA) is 90.0 Å². The second-order valence-corrected chi connectivity index (χ2v) is 8.60. The number of carbonyl (C=O) groups excluding carboxylic acids is 1. The number of nitrogens with one attached hydrogen (secondary N) is 1. The molecule has 170 valence electrons. The summed E-state index contributed by atoms with van der Waals surface area (Å²) in [5, 5.41) is 3.91. The highest BCUT2D eigenvalue weighted by molar-refractivity contribution is 7.99. The summed E-state index contributed by atoms with van der Waals surface area (Å²) in [6.45, 7) is 1.39. The smallest absolute Gasteiger partial charge is 0.266 e. The first-order valence-electron chi connectivity index (χ1n) is 11.0. The minimum atomic E-state index is -0.418. The van der Waals surface area contributed by atoms with Crippen LogP contribution in [0.2, 0.25) is 0 Å². The fourth-order valence-corrected chi connectivity index (χ4v) is 4.34. The Labute approximate surface area is 191 Å². The van der Waals surface area contributed by atoms with Gasteiger partial charge in [-0.25, -0.2) is 9.37 Å². The molecule has 0 unspecified atom stereocenters. The number of hydrogen-bond donors (Lipinski definition) is 2. The van der Waals surface area contributed by atoms with Gasteiger partial charge in [-0.05, 0) is 56.1 Å². The summed E-state index contributed by atoms with van der Waals surface area (Å²) in [7, 11) is 0. The zero-order chi connectivity index (χ0) is 22.8. The molecule has 1 amide bonds. The van der Waals surface area contributed by atoms with Crippen molar-refractivity contribution in [2.24, 2.45) is 5.73 Å². The Morgan fingerprint density at radius 3 is 2.69 bits per heavy atom. The largest absolute Gasteiger partial charge is 0.356 e. The first kappa shape index (κ1) is 23.9. The summed E-state index contributed by atoms with van der Waals surface area (Å²) in [4.78, 5) is 29.8. The van der Waals surface area contributed by atoms with Crippen LogP contribution < -0.4 is 16.6 Å². The lowest BCUT2D eigenvalue weighted by molar-refractivity contribution is -0.121. The van der Waals surface area contributed by atoms with Crippen LogP contribution in [0, 0.1) is 5.82 Å². The molecule has 0 radical (unpaired) electrons. The van der Waals surface area contributed by atoms with Crippen molar-refractivity contribution in [1.29, 1.82) is 0 Å². The molecular weight excluding hydrogens is 427 g/mol. The summed E-state index contributed by atoms with van der Waals surface area (Å²) in [6.07, 6.45) is 5.20. The second kappa shape index (κ2) is 12.4. The highest BCUT2D eigenvalue weighted by atomic mass is 32.2. The number of halogens is 1. The average molecular weight is 457 g/mol. The number of aromatic nitrogens is 2. The number of benzene rings is 2. The highest BCUT2D eigenvalue weighted by Crippen LogP contribution is 2.22. The molecule has 32 heavy (non-hydrogen) atoms. The van der Waals surface area contributed by atoms with Gasteiger partial charge in [0.1, 0.15) is 5.82 Å². The third kappa shape index (κ3) is 6.64. The van der Waals surface area contributed by atoms with E-state index in [-0.39, 0.29) is 11.5 Å². The van der Waals surface area contributed by atoms with E-state index in [1.54, 1.807) is 30.3 Å². The van der Waals surface area contributed by atoms with Gasteiger partial charge in [0.15, 0.2) is 5.16 Å². The molecular formula is C24H29FN4O2S. The van der Waals surface area contributed by atoms with Crippen molar-refractivity contribution < 1.29 is 9.18 Å². The van der Waals surface area contributed by atoms with Gasteiger partial charge in [-0.15, -0.1) is 0 Å². The molecule has 0 atom stereocenters. The van der Waals surface area contributed by atoms with Crippen LogP contribution in [-0.2, 0) is 4.79 Å². The molecule has 3 aromatic rings. The molecule has 3 N–H and O–H groups in total. The number of thioether (sulfide) groups is 1. The predicted molar refractivity (Wildman–Crippen MR) is 128 cm³/mol. The molecule has 0 saturated carbocycles. The standard InChI is InChI=1S/C24H29FN4O2S/c25-18-9-7-10-19(17-18)29-23(31)20-11-3-4-12-21(20)28-24(29)32-16-8-13-22(30)27-15-6-2-1-5-14-26/h3-4,7,9-12,17H,1-2,5-6,8,13-16,26H2,(H,27,30). The first-order chi connectivity index (χ1) is 15.6. The minimum absolute atomic E-state index is 0.0263. The van der Waals surface area contributed by atoms with Gasteiger partial charge >= 0.3 is 0 Å². The molecule has 0 spiro atoms. The number of para-hydroxylation sites is 1. The summed E-state index contributed by atoms with van der Waals surface area (Å²) in [6, 6.07) is 13.0. The van der Waals surface area contributed by atoms with Crippen LogP contribution in [0.25, 0.3) is 16.6 Å². The lowest BCUT2D eigenvalue weighted by atomic mass is 10.2. The van der Waals surface area contributed by atoms with Crippen LogP contribution in [0.4, 0.5) is 4.39 Å². The summed E-state index contributed by atoms with van der Waals surface area (Å²) >= 11 is 1.39. The Kier molecular flexibility index (Phi) is 9.25. The molecule has 0 aliphatic rings. The van der Waals surface area contributed by atoms with E-state index in [4.69, 9.17) is 5.73 Å². The van der Waals surface area contributed by atoms with E-state index in [1.165, 1.54) is 28.5 Å². The molecule has 8 heteroatoms. The van der Waals surface area contributed by atoms with Crippen molar-refractivity contribution in [1.82, 2.24) is 14.9 Å². The zero-order valence-corrected chi connectivity index (χ0v) is 18.9. The Morgan fingerprint density at radius 2 is 1.88 bits per heavy atom. The molecule has 0 fully saturated rings. The SMILES string of the molecule is NCCCCCCNC(=O)CCCSc1nc2ccccc2c(=O)n1-c1cccc(F)c1. The quantitative estimate of drug-likeness (QED) is 0.244. The van der Waals surface area contributed by atoms with E-state index in [1.807, 2.05) is 6.07 Å². The van der Waals surface area contributed by atoms with E-state index in [0.717, 1.165) is 25.7 Å². The maximum absolute atomic E-state index is 13.8. The van der Waals surface area contributed by atoms with Gasteiger partial charge in [0, 0.05) is 18.7 Å². The lowest BCUT2D eigenvalue weighted by Crippen LogP contribution is -2.24. The fraction of sp³-hybridized carbons (Fsp3) is 0.375. The molecule has 1 heterocycles. The van der Waals surface area contributed by atoms with Gasteiger partial charge in [-0.2, -0.15) is 0 Å². The molecule has 6 nitrogen and oxygen atoms in total. The number of unbranched alkanes of at least 4 members (excludes halogenated alkanes) is 3. The van der Waals surface area contributed by atoms with Crippen LogP contribution >= 0.6 is 11.8 Å². The molecule has 2 aromatic carbocycles. The number of hydrogen-bond acceptors (Lipinski definition) is 5. The van der Waals surface area contributed by atoms with Gasteiger partial charge in [-0.3, -0.25) is 14.2 Å². The third-order valence-corrected chi connectivity index (χ3v) is 6.07. The Bertz CT molecular complexity index is 1100. The summed E-state index contributed by atoms with van der Waals surface area (Å²) in [5.41, 5.74) is 6.27. The van der Waals surface area contributed by atoms with Crippen LogP contribution in [0.5, 0.6) is 0 Å². The number of nitrogens with zero attached hydrogens (tertiary/aromatic N) is 2. The Balaban J connectivity index is 1.62. The van der Waals surface area contributed by atoms with Gasteiger partial charge in [0.25, 0.3) is 5.56 Å². The second-order valence-electron chi connectivity index (χ2n) is 7.54. The zero-order valence-electron chi connectivity index (χ0n) is 18.1. The van der Waals surface area contributed by atoms with Gasteiger partial charge in [-0.1, -0.05) is 42.8 Å². The lowest BCUT2D eigenvalue weighted by Gasteiger charge is -2.13. The Hall–Kier alpha value is -2.71. The van der Waals surface area contributed by atoms with Gasteiger partial charge in [0.2, 0.25) is 5.91 Å². The molecule has 0 aliphatic heterocycles. The van der Waals surface area contributed by atoms with Crippen LogP contribution in [0.1, 0.15) is 38.5 Å². The van der Waals surface area contributed by atoms with E-state index in [0.29, 0.717) is 53.4 Å². The normalized spacial score (nSPS) is 11.1. The predicted octanol–water partition coefficient (Wildman–Crippen LogP) is 4.03. The van der Waals surface area contributed by atoms with E-state index in [9.17, 15) is 14.0 Å². The van der Waals surface area contributed by atoms with Crippen molar-refractivity contribution in [2.75, 3.05) is 18.8 Å². The van der Waals surface area contributed by atoms with Crippen molar-refractivity contribution in [3.05, 3.63) is 64.7 Å². The third-order valence-electron chi connectivity index (χ3n) is 5.04. The summed E-state index contributed by atoms with van der Waals surface area (Å²) in [5.74, 6) is 0.223. The van der Waals surface area contributed by atoms with Crippen molar-refractivity contribution in [2.45, 2.75) is 43.7 Å². The molecule has 0 bridgehead atoms. The maximum atomic E-state index is 13.8. The van der Waals surface area contributed by atoms with E-state index in [2.05, 4.69) is 10.3 Å². The average Bonchev–Trinajstić information content (AvgIpc) is 2.79. The number of amides is 1. The van der Waals surface area contributed by atoms with Crippen LogP contribution in [0.15, 0.2) is 58.5 Å². The Morgan fingerprint density at radius 1 is 1.06 bits per heavy atom. The summed E-state index contributed by atoms with van der Waals surface area (Å²) < 4.78 is 15.3. The molecule has 0 aliphatic carbocycles. The molecule has 0 saturated heterocycles. The van der Waals surface area contributed by atoms with Gasteiger partial charge in [0.05, 0.1) is 16.6 Å². The number of fused-ring (bicyclic) bond motifs is 1.